The maximum Gasteiger partial charge on any atom is 0.303 e. The summed E-state index contributed by atoms with van der Waals surface area (Å²) in [5.41, 5.74) is 1.31. The van der Waals surface area contributed by atoms with Gasteiger partial charge in [0.2, 0.25) is 0 Å². The molecule has 0 aliphatic heterocycles. The molecule has 132 valence electrons. The summed E-state index contributed by atoms with van der Waals surface area (Å²) in [5.74, 6) is 0.0549. The van der Waals surface area contributed by atoms with Crippen molar-refractivity contribution in [3.63, 3.8) is 0 Å². The van der Waals surface area contributed by atoms with Gasteiger partial charge in [-0.05, 0) is 74.1 Å². The van der Waals surface area contributed by atoms with Gasteiger partial charge in [0.05, 0.1) is 19.3 Å². The highest BCUT2D eigenvalue weighted by molar-refractivity contribution is 6.30. The van der Waals surface area contributed by atoms with Crippen LogP contribution in [0.1, 0.15) is 56.9 Å². The predicted octanol–water partition coefficient (Wildman–Crippen LogP) is 4.82. The van der Waals surface area contributed by atoms with Gasteiger partial charge in [-0.1, -0.05) is 11.6 Å². The zero-order chi connectivity index (χ0) is 17.2. The van der Waals surface area contributed by atoms with Crippen molar-refractivity contribution in [1.82, 2.24) is 0 Å². The summed E-state index contributed by atoms with van der Waals surface area (Å²) < 4.78 is 11.6. The Balaban J connectivity index is 1.57. The molecule has 2 fully saturated rings. The normalized spacial score (nSPS) is 28.2. The highest BCUT2D eigenvalue weighted by atomic mass is 35.5. The van der Waals surface area contributed by atoms with Gasteiger partial charge >= 0.3 is 5.97 Å². The molecule has 5 heteroatoms. The van der Waals surface area contributed by atoms with Crippen molar-refractivity contribution in [2.75, 3.05) is 7.11 Å². The van der Waals surface area contributed by atoms with Crippen molar-refractivity contribution >= 4 is 17.6 Å². The molecule has 0 radical (unpaired) electrons. The Morgan fingerprint density at radius 1 is 1.25 bits per heavy atom. The molecular formula is C19H25ClO4. The summed E-state index contributed by atoms with van der Waals surface area (Å²) in [6.07, 6.45) is 7.61. The number of ether oxygens (including phenoxy) is 2. The first-order valence-electron chi connectivity index (χ1n) is 8.64. The number of hydrogen-bond acceptors (Lipinski definition) is 3. The zero-order valence-corrected chi connectivity index (χ0v) is 14.9. The first-order chi connectivity index (χ1) is 11.4. The predicted molar refractivity (Wildman–Crippen MR) is 92.5 cm³/mol. The van der Waals surface area contributed by atoms with E-state index in [0.717, 1.165) is 56.3 Å². The van der Waals surface area contributed by atoms with Crippen LogP contribution < -0.4 is 4.74 Å². The van der Waals surface area contributed by atoms with Gasteiger partial charge < -0.3 is 14.6 Å². The second-order valence-corrected chi connectivity index (χ2v) is 7.83. The molecule has 1 aromatic carbocycles. The van der Waals surface area contributed by atoms with Crippen LogP contribution in [0.5, 0.6) is 5.75 Å². The van der Waals surface area contributed by atoms with Gasteiger partial charge in [-0.25, -0.2) is 0 Å². The van der Waals surface area contributed by atoms with Crippen molar-refractivity contribution in [2.24, 2.45) is 5.41 Å². The summed E-state index contributed by atoms with van der Waals surface area (Å²) in [5, 5.41) is 9.49. The third-order valence-corrected chi connectivity index (χ3v) is 5.95. The quantitative estimate of drug-likeness (QED) is 0.728. The largest absolute Gasteiger partial charge is 0.497 e. The van der Waals surface area contributed by atoms with Crippen LogP contribution in [0, 0.1) is 5.41 Å². The second kappa shape index (κ2) is 6.93. The minimum absolute atomic E-state index is 0.0290. The topological polar surface area (TPSA) is 55.8 Å². The lowest BCUT2D eigenvalue weighted by Gasteiger charge is -2.28. The third-order valence-electron chi connectivity index (χ3n) is 5.73. The maximum absolute atomic E-state index is 10.7. The molecule has 2 bridgehead atoms. The average Bonchev–Trinajstić information content (AvgIpc) is 3.08. The number of methoxy groups -OCH3 is 1. The van der Waals surface area contributed by atoms with E-state index in [2.05, 4.69) is 0 Å². The molecule has 2 aliphatic carbocycles. The molecule has 1 aromatic rings. The molecular weight excluding hydrogens is 328 g/mol. The summed E-state index contributed by atoms with van der Waals surface area (Å²) in [6.45, 7) is 0.544. The number of carboxylic acids is 1. The minimum atomic E-state index is -0.695. The Hall–Kier alpha value is -1.26. The van der Waals surface area contributed by atoms with E-state index >= 15 is 0 Å². The lowest BCUT2D eigenvalue weighted by Crippen LogP contribution is -2.26. The van der Waals surface area contributed by atoms with Gasteiger partial charge in [-0.3, -0.25) is 4.79 Å². The Morgan fingerprint density at radius 3 is 2.67 bits per heavy atom. The van der Waals surface area contributed by atoms with E-state index in [1.165, 1.54) is 0 Å². The monoisotopic (exact) mass is 352 g/mol. The molecule has 0 heterocycles. The summed E-state index contributed by atoms with van der Waals surface area (Å²) in [4.78, 5) is 10.7. The molecule has 4 nitrogen and oxygen atoms in total. The number of hydrogen-bond donors (Lipinski definition) is 1. The summed E-state index contributed by atoms with van der Waals surface area (Å²) in [7, 11) is 1.63. The molecule has 2 saturated carbocycles. The molecule has 0 atom stereocenters. The van der Waals surface area contributed by atoms with E-state index in [1.54, 1.807) is 13.2 Å². The van der Waals surface area contributed by atoms with Crippen LogP contribution in [0.2, 0.25) is 5.02 Å². The maximum atomic E-state index is 10.7. The second-order valence-electron chi connectivity index (χ2n) is 7.40. The number of halogens is 1. The van der Waals surface area contributed by atoms with E-state index in [1.807, 2.05) is 12.1 Å². The molecule has 2 aliphatic rings. The lowest BCUT2D eigenvalue weighted by atomic mass is 9.80. The van der Waals surface area contributed by atoms with E-state index in [-0.39, 0.29) is 12.0 Å². The SMILES string of the molecule is COc1cc(Cl)cc(COC23CCC(CCCC(=O)O)(CC2)C3)c1. The third kappa shape index (κ3) is 3.86. The van der Waals surface area contributed by atoms with Crippen molar-refractivity contribution in [3.05, 3.63) is 28.8 Å². The summed E-state index contributed by atoms with van der Waals surface area (Å²) >= 11 is 6.12. The molecule has 0 aromatic heterocycles. The van der Waals surface area contributed by atoms with Crippen LogP contribution >= 0.6 is 11.6 Å². The fourth-order valence-corrected chi connectivity index (χ4v) is 4.73. The smallest absolute Gasteiger partial charge is 0.303 e. The van der Waals surface area contributed by atoms with Crippen molar-refractivity contribution < 1.29 is 19.4 Å². The van der Waals surface area contributed by atoms with Crippen LogP contribution in [0.4, 0.5) is 0 Å². The van der Waals surface area contributed by atoms with Crippen LogP contribution in [-0.4, -0.2) is 23.8 Å². The van der Waals surface area contributed by atoms with Gasteiger partial charge in [0.1, 0.15) is 5.75 Å². The van der Waals surface area contributed by atoms with Gasteiger partial charge in [-0.15, -0.1) is 0 Å². The Bertz CT molecular complexity index is 605. The highest BCUT2D eigenvalue weighted by Gasteiger charge is 2.54. The molecule has 24 heavy (non-hydrogen) atoms. The van der Waals surface area contributed by atoms with Crippen LogP contribution in [0.25, 0.3) is 0 Å². The van der Waals surface area contributed by atoms with Gasteiger partial charge in [-0.2, -0.15) is 0 Å². The van der Waals surface area contributed by atoms with Crippen molar-refractivity contribution in [3.8, 4) is 5.75 Å². The van der Waals surface area contributed by atoms with Crippen LogP contribution in [0.3, 0.4) is 0 Å². The number of benzene rings is 1. The van der Waals surface area contributed by atoms with Crippen LogP contribution in [0.15, 0.2) is 18.2 Å². The minimum Gasteiger partial charge on any atom is -0.497 e. The molecule has 3 rings (SSSR count). The van der Waals surface area contributed by atoms with Crippen molar-refractivity contribution in [2.45, 2.75) is 63.6 Å². The molecule has 0 spiro atoms. The fraction of sp³-hybridized carbons (Fsp3) is 0.632. The average molecular weight is 353 g/mol. The van der Waals surface area contributed by atoms with E-state index in [0.29, 0.717) is 17.0 Å². The number of carboxylic acid groups (broad SMARTS) is 1. The van der Waals surface area contributed by atoms with E-state index in [4.69, 9.17) is 26.2 Å². The number of carbonyl (C=O) groups is 1. The first kappa shape index (κ1) is 17.6. The molecule has 0 amide bonds. The van der Waals surface area contributed by atoms with E-state index in [9.17, 15) is 4.79 Å². The van der Waals surface area contributed by atoms with Gasteiger partial charge in [0.25, 0.3) is 0 Å². The highest BCUT2D eigenvalue weighted by Crippen LogP contribution is 2.60. The Labute approximate surface area is 148 Å². The zero-order valence-electron chi connectivity index (χ0n) is 14.1. The summed E-state index contributed by atoms with van der Waals surface area (Å²) in [6, 6.07) is 5.68. The van der Waals surface area contributed by atoms with Gasteiger partial charge in [0.15, 0.2) is 0 Å². The standard InChI is InChI=1S/C19H25ClO4/c1-23-16-10-14(9-15(20)11-16)12-24-19-7-5-18(13-19,6-8-19)4-2-3-17(21)22/h9-11H,2-8,12-13H2,1H3,(H,21,22). The first-order valence-corrected chi connectivity index (χ1v) is 9.01. The lowest BCUT2D eigenvalue weighted by molar-refractivity contribution is -0.137. The fourth-order valence-electron chi connectivity index (χ4n) is 4.48. The number of rotatable bonds is 8. The van der Waals surface area contributed by atoms with Crippen molar-refractivity contribution in [1.29, 1.82) is 0 Å². The Kier molecular flexibility index (Phi) is 5.07. The van der Waals surface area contributed by atoms with E-state index < -0.39 is 5.97 Å². The van der Waals surface area contributed by atoms with Crippen LogP contribution in [-0.2, 0) is 16.1 Å². The Morgan fingerprint density at radius 2 is 2.00 bits per heavy atom. The number of aliphatic carboxylic acids is 1. The molecule has 1 N–H and O–H groups in total. The molecule has 0 saturated heterocycles. The van der Waals surface area contributed by atoms with Gasteiger partial charge in [0, 0.05) is 11.4 Å². The number of fused-ring (bicyclic) bond motifs is 2. The molecule has 0 unspecified atom stereocenters.